The summed E-state index contributed by atoms with van der Waals surface area (Å²) in [5.41, 5.74) is 0.516. The lowest BCUT2D eigenvalue weighted by Gasteiger charge is -2.10. The zero-order valence-corrected chi connectivity index (χ0v) is 15.8. The first-order valence-electron chi connectivity index (χ1n) is 7.98. The topological polar surface area (TPSA) is 44.8 Å². The van der Waals surface area contributed by atoms with Crippen LogP contribution in [0, 0.1) is 3.57 Å². The van der Waals surface area contributed by atoms with Gasteiger partial charge in [-0.05, 0) is 59.3 Å². The highest BCUT2D eigenvalue weighted by Gasteiger charge is 2.10. The fourth-order valence-electron chi connectivity index (χ4n) is 1.97. The first-order chi connectivity index (χ1) is 11.7. The van der Waals surface area contributed by atoms with Gasteiger partial charge < -0.3 is 14.2 Å². The number of carbonyl (C=O) groups is 1. The summed E-state index contributed by atoms with van der Waals surface area (Å²) < 4.78 is 17.3. The van der Waals surface area contributed by atoms with Crippen LogP contribution in [-0.2, 0) is 4.74 Å². The van der Waals surface area contributed by atoms with Gasteiger partial charge in [0.05, 0.1) is 15.7 Å². The van der Waals surface area contributed by atoms with Crippen molar-refractivity contribution in [3.8, 4) is 11.5 Å². The largest absolute Gasteiger partial charge is 0.492 e. The second-order valence-corrected chi connectivity index (χ2v) is 6.31. The van der Waals surface area contributed by atoms with E-state index in [1.54, 1.807) is 12.1 Å². The minimum atomic E-state index is -0.357. The standard InChI is InChI=1S/C19H21IO4/c1-2-3-11-23-18-10-9-15(14-17(18)20)19(21)24-13-12-22-16-7-5-4-6-8-16/h4-10,14H,2-3,11-13H2,1H3. The zero-order chi connectivity index (χ0) is 17.2. The lowest BCUT2D eigenvalue weighted by Crippen LogP contribution is -2.12. The Kier molecular flexibility index (Phi) is 7.88. The molecule has 0 unspecified atom stereocenters. The van der Waals surface area contributed by atoms with Crippen molar-refractivity contribution >= 4 is 28.6 Å². The van der Waals surface area contributed by atoms with Crippen molar-refractivity contribution in [1.82, 2.24) is 0 Å². The Morgan fingerprint density at radius 2 is 1.79 bits per heavy atom. The number of carbonyl (C=O) groups excluding carboxylic acids is 1. The van der Waals surface area contributed by atoms with Crippen molar-refractivity contribution in [1.29, 1.82) is 0 Å². The number of ether oxygens (including phenoxy) is 3. The van der Waals surface area contributed by atoms with Gasteiger partial charge >= 0.3 is 5.97 Å². The fourth-order valence-corrected chi connectivity index (χ4v) is 2.64. The van der Waals surface area contributed by atoms with Crippen molar-refractivity contribution < 1.29 is 19.0 Å². The molecule has 0 radical (unpaired) electrons. The Hall–Kier alpha value is -1.76. The maximum Gasteiger partial charge on any atom is 0.338 e. The molecular weight excluding hydrogens is 419 g/mol. The van der Waals surface area contributed by atoms with Crippen LogP contribution in [0.1, 0.15) is 30.1 Å². The number of unbranched alkanes of at least 4 members (excludes halogenated alkanes) is 1. The molecule has 2 aromatic carbocycles. The number of benzene rings is 2. The molecule has 0 bridgehead atoms. The summed E-state index contributed by atoms with van der Waals surface area (Å²) in [7, 11) is 0. The van der Waals surface area contributed by atoms with E-state index in [9.17, 15) is 4.79 Å². The van der Waals surface area contributed by atoms with Gasteiger partial charge in [-0.25, -0.2) is 4.79 Å². The van der Waals surface area contributed by atoms with E-state index in [2.05, 4.69) is 29.5 Å². The van der Waals surface area contributed by atoms with E-state index in [4.69, 9.17) is 14.2 Å². The van der Waals surface area contributed by atoms with Gasteiger partial charge in [0.25, 0.3) is 0 Å². The van der Waals surface area contributed by atoms with Crippen LogP contribution < -0.4 is 9.47 Å². The van der Waals surface area contributed by atoms with E-state index < -0.39 is 0 Å². The molecule has 0 fully saturated rings. The van der Waals surface area contributed by atoms with Crippen LogP contribution in [0.25, 0.3) is 0 Å². The summed E-state index contributed by atoms with van der Waals surface area (Å²) in [6.07, 6.45) is 2.10. The monoisotopic (exact) mass is 440 g/mol. The second kappa shape index (κ2) is 10.2. The van der Waals surface area contributed by atoms with Gasteiger partial charge in [0.15, 0.2) is 0 Å². The quantitative estimate of drug-likeness (QED) is 0.322. The average molecular weight is 440 g/mol. The lowest BCUT2D eigenvalue weighted by atomic mass is 10.2. The lowest BCUT2D eigenvalue weighted by molar-refractivity contribution is 0.0450. The normalized spacial score (nSPS) is 10.2. The molecule has 0 aliphatic heterocycles. The van der Waals surface area contributed by atoms with Crippen molar-refractivity contribution in [3.05, 3.63) is 57.7 Å². The third kappa shape index (κ3) is 6.03. The maximum atomic E-state index is 12.1. The zero-order valence-electron chi connectivity index (χ0n) is 13.7. The number of halogens is 1. The SMILES string of the molecule is CCCCOc1ccc(C(=O)OCCOc2ccccc2)cc1I. The van der Waals surface area contributed by atoms with Crippen LogP contribution in [0.5, 0.6) is 11.5 Å². The Morgan fingerprint density at radius 3 is 2.50 bits per heavy atom. The van der Waals surface area contributed by atoms with Crippen molar-refractivity contribution in [2.45, 2.75) is 19.8 Å². The smallest absolute Gasteiger partial charge is 0.338 e. The molecule has 0 saturated carbocycles. The molecule has 0 aliphatic carbocycles. The van der Waals surface area contributed by atoms with Gasteiger partial charge in [-0.15, -0.1) is 0 Å². The predicted molar refractivity (Wildman–Crippen MR) is 102 cm³/mol. The van der Waals surface area contributed by atoms with Gasteiger partial charge in [0.2, 0.25) is 0 Å². The minimum absolute atomic E-state index is 0.207. The molecule has 0 amide bonds. The third-order valence-electron chi connectivity index (χ3n) is 3.25. The van der Waals surface area contributed by atoms with Gasteiger partial charge in [-0.1, -0.05) is 31.5 Å². The summed E-state index contributed by atoms with van der Waals surface area (Å²) in [6.45, 7) is 3.34. The number of hydrogen-bond acceptors (Lipinski definition) is 4. The molecule has 2 rings (SSSR count). The molecule has 4 nitrogen and oxygen atoms in total. The van der Waals surface area contributed by atoms with Crippen molar-refractivity contribution in [2.75, 3.05) is 19.8 Å². The summed E-state index contributed by atoms with van der Waals surface area (Å²) in [5.74, 6) is 1.20. The molecule has 0 saturated heterocycles. The van der Waals surface area contributed by atoms with Gasteiger partial charge in [-0.3, -0.25) is 0 Å². The van der Waals surface area contributed by atoms with E-state index >= 15 is 0 Å². The molecule has 0 aliphatic rings. The maximum absolute atomic E-state index is 12.1. The first kappa shape index (κ1) is 18.6. The third-order valence-corrected chi connectivity index (χ3v) is 4.09. The highest BCUT2D eigenvalue weighted by molar-refractivity contribution is 14.1. The van der Waals surface area contributed by atoms with Crippen molar-refractivity contribution in [3.63, 3.8) is 0 Å². The fraction of sp³-hybridized carbons (Fsp3) is 0.316. The van der Waals surface area contributed by atoms with E-state index in [1.807, 2.05) is 36.4 Å². The molecule has 24 heavy (non-hydrogen) atoms. The predicted octanol–water partition coefficient (Wildman–Crippen LogP) is 4.71. The molecule has 0 spiro atoms. The molecule has 0 aromatic heterocycles. The highest BCUT2D eigenvalue weighted by atomic mass is 127. The highest BCUT2D eigenvalue weighted by Crippen LogP contribution is 2.22. The number of para-hydroxylation sites is 1. The van der Waals surface area contributed by atoms with Crippen LogP contribution in [-0.4, -0.2) is 25.8 Å². The summed E-state index contributed by atoms with van der Waals surface area (Å²) in [4.78, 5) is 12.1. The Balaban J connectivity index is 1.78. The Bertz CT molecular complexity index is 643. The first-order valence-corrected chi connectivity index (χ1v) is 9.06. The van der Waals surface area contributed by atoms with Crippen molar-refractivity contribution in [2.24, 2.45) is 0 Å². The molecule has 0 atom stereocenters. The number of esters is 1. The Morgan fingerprint density at radius 1 is 1.00 bits per heavy atom. The molecule has 128 valence electrons. The number of hydrogen-bond donors (Lipinski definition) is 0. The van der Waals surface area contributed by atoms with E-state index in [-0.39, 0.29) is 12.6 Å². The second-order valence-electron chi connectivity index (χ2n) is 5.14. The van der Waals surface area contributed by atoms with Gasteiger partial charge in [-0.2, -0.15) is 0 Å². The van der Waals surface area contributed by atoms with E-state index in [1.165, 1.54) is 0 Å². The summed E-state index contributed by atoms with van der Waals surface area (Å²) in [5, 5.41) is 0. The summed E-state index contributed by atoms with van der Waals surface area (Å²) in [6, 6.07) is 14.8. The van der Waals surface area contributed by atoms with Crippen LogP contribution in [0.15, 0.2) is 48.5 Å². The van der Waals surface area contributed by atoms with Crippen LogP contribution >= 0.6 is 22.6 Å². The van der Waals surface area contributed by atoms with E-state index in [0.717, 1.165) is 27.9 Å². The molecule has 0 heterocycles. The molecule has 5 heteroatoms. The van der Waals surface area contributed by atoms with Gasteiger partial charge in [0.1, 0.15) is 24.7 Å². The van der Waals surface area contributed by atoms with Crippen LogP contribution in [0.2, 0.25) is 0 Å². The number of rotatable bonds is 9. The minimum Gasteiger partial charge on any atom is -0.492 e. The van der Waals surface area contributed by atoms with E-state index in [0.29, 0.717) is 18.8 Å². The molecular formula is C19H21IO4. The Labute approximate surface area is 156 Å². The molecule has 2 aromatic rings. The van der Waals surface area contributed by atoms with Gasteiger partial charge in [0, 0.05) is 0 Å². The molecule has 0 N–H and O–H groups in total. The van der Waals surface area contributed by atoms with Crippen LogP contribution in [0.4, 0.5) is 0 Å². The summed E-state index contributed by atoms with van der Waals surface area (Å²) >= 11 is 2.17. The average Bonchev–Trinajstić information content (AvgIpc) is 2.61. The van der Waals surface area contributed by atoms with Crippen LogP contribution in [0.3, 0.4) is 0 Å².